The van der Waals surface area contributed by atoms with E-state index in [1.807, 2.05) is 0 Å². The van der Waals surface area contributed by atoms with Crippen LogP contribution in [0.3, 0.4) is 0 Å². The summed E-state index contributed by atoms with van der Waals surface area (Å²) in [6, 6.07) is 3.71. The molecule has 0 unspecified atom stereocenters. The maximum absolute atomic E-state index is 12.9. The molecule has 0 aliphatic heterocycles. The number of hydrogen-bond acceptors (Lipinski definition) is 3. The Morgan fingerprint density at radius 3 is 2.56 bits per heavy atom. The van der Waals surface area contributed by atoms with Crippen LogP contribution in [0.5, 0.6) is 5.75 Å². The van der Waals surface area contributed by atoms with Gasteiger partial charge >= 0.3 is 6.18 Å². The zero-order chi connectivity index (χ0) is 13.6. The smallest absolute Gasteiger partial charge is 0.411 e. The fraction of sp³-hybridized carbons (Fsp3) is 0.455. The molecule has 0 radical (unpaired) electrons. The Bertz CT molecular complexity index is 382. The van der Waals surface area contributed by atoms with Gasteiger partial charge in [-0.2, -0.15) is 13.2 Å². The molecule has 102 valence electrons. The minimum absolute atomic E-state index is 0.268. The van der Waals surface area contributed by atoms with E-state index in [1.54, 1.807) is 0 Å². The predicted octanol–water partition coefficient (Wildman–Crippen LogP) is 2.24. The Morgan fingerprint density at radius 1 is 1.22 bits per heavy atom. The van der Waals surface area contributed by atoms with Crippen molar-refractivity contribution in [3.8, 4) is 5.75 Å². The maximum atomic E-state index is 12.9. The van der Waals surface area contributed by atoms with Crippen LogP contribution >= 0.6 is 0 Å². The van der Waals surface area contributed by atoms with Crippen LogP contribution < -0.4 is 10.5 Å². The monoisotopic (exact) mass is 267 g/mol. The molecule has 18 heavy (non-hydrogen) atoms. The Balaban J connectivity index is 2.51. The first-order chi connectivity index (χ1) is 8.42. The quantitative estimate of drug-likeness (QED) is 0.488. The molecule has 0 bridgehead atoms. The van der Waals surface area contributed by atoms with E-state index in [-0.39, 0.29) is 12.3 Å². The van der Waals surface area contributed by atoms with Gasteiger partial charge in [-0.3, -0.25) is 0 Å². The SMILES string of the molecule is NCCc1cc(F)ccc1OCOCC(F)(F)F. The molecule has 1 rings (SSSR count). The standard InChI is InChI=1S/C11H13F4NO2/c12-9-1-2-10(8(5-9)3-4-16)18-7-17-6-11(13,14)15/h1-2,5H,3-4,6-7,16H2. The maximum Gasteiger partial charge on any atom is 0.411 e. The topological polar surface area (TPSA) is 44.5 Å². The van der Waals surface area contributed by atoms with Gasteiger partial charge in [0.1, 0.15) is 18.2 Å². The molecule has 0 atom stereocenters. The van der Waals surface area contributed by atoms with Crippen LogP contribution in [0.25, 0.3) is 0 Å². The Labute approximate surface area is 101 Å². The molecule has 3 nitrogen and oxygen atoms in total. The van der Waals surface area contributed by atoms with E-state index < -0.39 is 25.4 Å². The van der Waals surface area contributed by atoms with Gasteiger partial charge in [0.2, 0.25) is 0 Å². The van der Waals surface area contributed by atoms with Crippen molar-refractivity contribution in [3.63, 3.8) is 0 Å². The molecule has 7 heteroatoms. The number of ether oxygens (including phenoxy) is 2. The van der Waals surface area contributed by atoms with E-state index in [4.69, 9.17) is 10.5 Å². The summed E-state index contributed by atoms with van der Waals surface area (Å²) in [5.74, 6) is -0.189. The zero-order valence-corrected chi connectivity index (χ0v) is 9.47. The molecule has 0 fully saturated rings. The highest BCUT2D eigenvalue weighted by Crippen LogP contribution is 2.20. The van der Waals surface area contributed by atoms with Crippen molar-refractivity contribution in [1.82, 2.24) is 0 Å². The average molecular weight is 267 g/mol. The van der Waals surface area contributed by atoms with Crippen LogP contribution in [0.4, 0.5) is 17.6 Å². The summed E-state index contributed by atoms with van der Waals surface area (Å²) in [5.41, 5.74) is 5.83. The first-order valence-electron chi connectivity index (χ1n) is 5.18. The van der Waals surface area contributed by atoms with Crippen LogP contribution in [0, 0.1) is 5.82 Å². The van der Waals surface area contributed by atoms with E-state index in [0.717, 1.165) is 6.07 Å². The summed E-state index contributed by atoms with van der Waals surface area (Å²) in [7, 11) is 0. The number of alkyl halides is 3. The molecule has 0 aromatic heterocycles. The van der Waals surface area contributed by atoms with Crippen LogP contribution in [-0.4, -0.2) is 26.1 Å². The lowest BCUT2D eigenvalue weighted by Gasteiger charge is -2.12. The minimum Gasteiger partial charge on any atom is -0.467 e. The third-order valence-corrected chi connectivity index (χ3v) is 2.00. The first-order valence-corrected chi connectivity index (χ1v) is 5.18. The van der Waals surface area contributed by atoms with Crippen molar-refractivity contribution < 1.29 is 27.0 Å². The first kappa shape index (κ1) is 14.7. The lowest BCUT2D eigenvalue weighted by Crippen LogP contribution is -2.19. The zero-order valence-electron chi connectivity index (χ0n) is 9.47. The van der Waals surface area contributed by atoms with Crippen molar-refractivity contribution in [2.45, 2.75) is 12.6 Å². The van der Waals surface area contributed by atoms with Gasteiger partial charge in [0.05, 0.1) is 0 Å². The highest BCUT2D eigenvalue weighted by Gasteiger charge is 2.27. The Morgan fingerprint density at radius 2 is 1.94 bits per heavy atom. The van der Waals surface area contributed by atoms with Crippen molar-refractivity contribution >= 4 is 0 Å². The fourth-order valence-corrected chi connectivity index (χ4v) is 1.30. The van der Waals surface area contributed by atoms with Crippen LogP contribution in [0.2, 0.25) is 0 Å². The van der Waals surface area contributed by atoms with E-state index >= 15 is 0 Å². The van der Waals surface area contributed by atoms with Crippen LogP contribution in [0.15, 0.2) is 18.2 Å². The summed E-state index contributed by atoms with van der Waals surface area (Å²) in [5, 5.41) is 0. The highest BCUT2D eigenvalue weighted by molar-refractivity contribution is 5.34. The Hall–Kier alpha value is -1.34. The van der Waals surface area contributed by atoms with Gasteiger partial charge in [0, 0.05) is 0 Å². The average Bonchev–Trinajstić information content (AvgIpc) is 2.26. The van der Waals surface area contributed by atoms with Gasteiger partial charge in [-0.25, -0.2) is 4.39 Å². The van der Waals surface area contributed by atoms with Crippen molar-refractivity contribution in [2.75, 3.05) is 19.9 Å². The highest BCUT2D eigenvalue weighted by atomic mass is 19.4. The van der Waals surface area contributed by atoms with Gasteiger partial charge in [-0.05, 0) is 36.7 Å². The molecule has 1 aromatic carbocycles. The van der Waals surface area contributed by atoms with Crippen LogP contribution in [0.1, 0.15) is 5.56 Å². The summed E-state index contributed by atoms with van der Waals surface area (Å²) < 4.78 is 57.6. The largest absolute Gasteiger partial charge is 0.467 e. The minimum atomic E-state index is -4.40. The third kappa shape index (κ3) is 5.33. The van der Waals surface area contributed by atoms with Gasteiger partial charge in [0.25, 0.3) is 0 Å². The lowest BCUT2D eigenvalue weighted by molar-refractivity contribution is -0.186. The number of benzene rings is 1. The molecular weight excluding hydrogens is 254 g/mol. The van der Waals surface area contributed by atoms with E-state index in [0.29, 0.717) is 12.0 Å². The second kappa shape index (κ2) is 6.55. The normalized spacial score (nSPS) is 11.6. The van der Waals surface area contributed by atoms with Crippen molar-refractivity contribution in [3.05, 3.63) is 29.6 Å². The molecule has 0 spiro atoms. The van der Waals surface area contributed by atoms with Crippen LogP contribution in [-0.2, 0) is 11.2 Å². The molecule has 0 heterocycles. The van der Waals surface area contributed by atoms with Crippen molar-refractivity contribution in [1.29, 1.82) is 0 Å². The van der Waals surface area contributed by atoms with E-state index in [9.17, 15) is 17.6 Å². The molecule has 0 saturated heterocycles. The van der Waals surface area contributed by atoms with Gasteiger partial charge in [0.15, 0.2) is 6.79 Å². The van der Waals surface area contributed by atoms with E-state index in [2.05, 4.69) is 4.74 Å². The van der Waals surface area contributed by atoms with Crippen molar-refractivity contribution in [2.24, 2.45) is 5.73 Å². The number of rotatable bonds is 6. The fourth-order valence-electron chi connectivity index (χ4n) is 1.30. The summed E-state index contributed by atoms with van der Waals surface area (Å²) in [6.07, 6.45) is -4.03. The molecule has 0 amide bonds. The van der Waals surface area contributed by atoms with E-state index in [1.165, 1.54) is 12.1 Å². The number of halogens is 4. The number of nitrogens with two attached hydrogens (primary N) is 1. The number of hydrogen-bond donors (Lipinski definition) is 1. The summed E-state index contributed by atoms with van der Waals surface area (Å²) in [6.45, 7) is -1.66. The summed E-state index contributed by atoms with van der Waals surface area (Å²) >= 11 is 0. The lowest BCUT2D eigenvalue weighted by atomic mass is 10.1. The van der Waals surface area contributed by atoms with Gasteiger partial charge < -0.3 is 15.2 Å². The molecular formula is C11H13F4NO2. The third-order valence-electron chi connectivity index (χ3n) is 2.00. The molecule has 0 saturated carbocycles. The molecule has 0 aliphatic carbocycles. The van der Waals surface area contributed by atoms with Gasteiger partial charge in [-0.1, -0.05) is 0 Å². The second-order valence-corrected chi connectivity index (χ2v) is 3.52. The molecule has 1 aromatic rings. The summed E-state index contributed by atoms with van der Waals surface area (Å²) in [4.78, 5) is 0. The molecule has 2 N–H and O–H groups in total. The Kier molecular flexibility index (Phi) is 5.36. The van der Waals surface area contributed by atoms with Gasteiger partial charge in [-0.15, -0.1) is 0 Å². The molecule has 0 aliphatic rings. The predicted molar refractivity (Wildman–Crippen MR) is 56.7 cm³/mol. The second-order valence-electron chi connectivity index (χ2n) is 3.52.